The summed E-state index contributed by atoms with van der Waals surface area (Å²) in [7, 11) is 0. The maximum atomic E-state index is 13.9. The van der Waals surface area contributed by atoms with Crippen molar-refractivity contribution in [3.05, 3.63) is 113 Å². The Morgan fingerprint density at radius 3 is 1.91 bits per heavy atom. The summed E-state index contributed by atoms with van der Waals surface area (Å²) in [5.74, 6) is -0.845. The van der Waals surface area contributed by atoms with E-state index >= 15 is 0 Å². The standard InChI is InChI=1S/C30H32N2O2/c1-22-17-18-28(23(2)19-22)31-29(33)26-15-9-10-16-27(26)30(34)32(20-24-11-5-3-6-12-24)21-25-13-7-4-8-14-25/h3-14,17-19,26-27H,15-16,20-21H2,1-2H3,(H,31,33). The van der Waals surface area contributed by atoms with Gasteiger partial charge in [0.15, 0.2) is 0 Å². The molecule has 1 aliphatic carbocycles. The molecule has 0 heterocycles. The van der Waals surface area contributed by atoms with Crippen LogP contribution in [-0.2, 0) is 22.7 Å². The second-order valence-corrected chi connectivity index (χ2v) is 9.13. The van der Waals surface area contributed by atoms with Crippen molar-refractivity contribution in [2.24, 2.45) is 11.8 Å². The van der Waals surface area contributed by atoms with E-state index in [9.17, 15) is 9.59 Å². The number of rotatable bonds is 7. The van der Waals surface area contributed by atoms with Gasteiger partial charge in [-0.1, -0.05) is 90.5 Å². The summed E-state index contributed by atoms with van der Waals surface area (Å²) in [6.45, 7) is 5.06. The Kier molecular flexibility index (Phi) is 7.58. The lowest BCUT2D eigenvalue weighted by Crippen LogP contribution is -2.42. The number of allylic oxidation sites excluding steroid dienone is 2. The monoisotopic (exact) mass is 452 g/mol. The van der Waals surface area contributed by atoms with Gasteiger partial charge in [-0.2, -0.15) is 0 Å². The van der Waals surface area contributed by atoms with Gasteiger partial charge in [-0.25, -0.2) is 0 Å². The molecule has 174 valence electrons. The van der Waals surface area contributed by atoms with E-state index in [4.69, 9.17) is 0 Å². The first-order valence-electron chi connectivity index (χ1n) is 11.9. The fourth-order valence-corrected chi connectivity index (χ4v) is 4.61. The Labute approximate surface area is 202 Å². The number of carbonyl (C=O) groups is 2. The number of amides is 2. The van der Waals surface area contributed by atoms with E-state index in [1.165, 1.54) is 0 Å². The molecular weight excluding hydrogens is 420 g/mol. The van der Waals surface area contributed by atoms with Gasteiger partial charge in [0.25, 0.3) is 0 Å². The molecule has 0 spiro atoms. The van der Waals surface area contributed by atoms with Crippen LogP contribution in [-0.4, -0.2) is 16.7 Å². The van der Waals surface area contributed by atoms with E-state index in [1.54, 1.807) is 0 Å². The third kappa shape index (κ3) is 5.82. The second kappa shape index (κ2) is 11.0. The van der Waals surface area contributed by atoms with Gasteiger partial charge < -0.3 is 10.2 Å². The largest absolute Gasteiger partial charge is 0.334 e. The van der Waals surface area contributed by atoms with Crippen LogP contribution in [0, 0.1) is 25.7 Å². The molecule has 0 radical (unpaired) electrons. The zero-order valence-corrected chi connectivity index (χ0v) is 19.9. The maximum absolute atomic E-state index is 13.9. The molecule has 4 heteroatoms. The number of benzene rings is 3. The van der Waals surface area contributed by atoms with Crippen LogP contribution in [0.2, 0.25) is 0 Å². The average molecular weight is 453 g/mol. The minimum atomic E-state index is -0.396. The molecule has 34 heavy (non-hydrogen) atoms. The lowest BCUT2D eigenvalue weighted by Gasteiger charge is -2.32. The van der Waals surface area contributed by atoms with Gasteiger partial charge in [0, 0.05) is 18.8 Å². The van der Waals surface area contributed by atoms with Crippen LogP contribution in [0.5, 0.6) is 0 Å². The maximum Gasteiger partial charge on any atom is 0.228 e. The molecule has 0 aliphatic heterocycles. The third-order valence-corrected chi connectivity index (χ3v) is 6.47. The second-order valence-electron chi connectivity index (χ2n) is 9.13. The summed E-state index contributed by atoms with van der Waals surface area (Å²) in [5.41, 5.74) is 5.14. The van der Waals surface area contributed by atoms with Crippen LogP contribution >= 0.6 is 0 Å². The van der Waals surface area contributed by atoms with Crippen molar-refractivity contribution in [3.63, 3.8) is 0 Å². The van der Waals surface area contributed by atoms with Crippen molar-refractivity contribution in [1.29, 1.82) is 0 Å². The highest BCUT2D eigenvalue weighted by Crippen LogP contribution is 2.30. The first-order valence-corrected chi connectivity index (χ1v) is 11.9. The Hall–Kier alpha value is -3.66. The smallest absolute Gasteiger partial charge is 0.228 e. The SMILES string of the molecule is Cc1ccc(NC(=O)C2CC=CCC2C(=O)N(Cc2ccccc2)Cc2ccccc2)c(C)c1. The predicted octanol–water partition coefficient (Wildman–Crippen LogP) is 6.05. The van der Waals surface area contributed by atoms with Crippen LogP contribution in [0.3, 0.4) is 0 Å². The molecule has 0 bridgehead atoms. The zero-order chi connectivity index (χ0) is 23.9. The van der Waals surface area contributed by atoms with Gasteiger partial charge in [0.2, 0.25) is 11.8 Å². The van der Waals surface area contributed by atoms with Gasteiger partial charge in [0.1, 0.15) is 0 Å². The van der Waals surface area contributed by atoms with Crippen molar-refractivity contribution in [3.8, 4) is 0 Å². The van der Waals surface area contributed by atoms with Crippen LogP contribution in [0.25, 0.3) is 0 Å². The lowest BCUT2D eigenvalue weighted by atomic mass is 9.81. The molecule has 2 unspecified atom stereocenters. The summed E-state index contributed by atoms with van der Waals surface area (Å²) < 4.78 is 0. The number of hydrogen-bond donors (Lipinski definition) is 1. The fourth-order valence-electron chi connectivity index (χ4n) is 4.61. The van der Waals surface area contributed by atoms with Crippen LogP contribution in [0.15, 0.2) is 91.0 Å². The minimum absolute atomic E-state index is 0.0258. The molecule has 0 aromatic heterocycles. The summed E-state index contributed by atoms with van der Waals surface area (Å²) in [6.07, 6.45) is 5.20. The summed E-state index contributed by atoms with van der Waals surface area (Å²) in [6, 6.07) is 26.1. The topological polar surface area (TPSA) is 49.4 Å². The minimum Gasteiger partial charge on any atom is -0.334 e. The fraction of sp³-hybridized carbons (Fsp3) is 0.267. The first kappa shape index (κ1) is 23.5. The molecule has 0 saturated carbocycles. The highest BCUT2D eigenvalue weighted by atomic mass is 16.2. The Morgan fingerprint density at radius 2 is 1.35 bits per heavy atom. The van der Waals surface area contributed by atoms with Crippen molar-refractivity contribution < 1.29 is 9.59 Å². The van der Waals surface area contributed by atoms with Crippen LogP contribution < -0.4 is 5.32 Å². The predicted molar refractivity (Wildman–Crippen MR) is 137 cm³/mol. The number of aryl methyl sites for hydroxylation is 2. The van der Waals surface area contributed by atoms with Gasteiger partial charge in [-0.05, 0) is 49.4 Å². The van der Waals surface area contributed by atoms with E-state index < -0.39 is 5.92 Å². The van der Waals surface area contributed by atoms with Crippen molar-refractivity contribution in [1.82, 2.24) is 4.90 Å². The number of nitrogens with one attached hydrogen (secondary N) is 1. The first-order chi connectivity index (χ1) is 16.5. The van der Waals surface area contributed by atoms with Crippen molar-refractivity contribution in [2.75, 3.05) is 5.32 Å². The number of anilines is 1. The Balaban J connectivity index is 1.56. The van der Waals surface area contributed by atoms with Crippen molar-refractivity contribution >= 4 is 17.5 Å². The van der Waals surface area contributed by atoms with Crippen molar-refractivity contribution in [2.45, 2.75) is 39.8 Å². The molecule has 0 fully saturated rings. The summed E-state index contributed by atoms with van der Waals surface area (Å²) >= 11 is 0. The van der Waals surface area contributed by atoms with E-state index in [0.29, 0.717) is 25.9 Å². The van der Waals surface area contributed by atoms with Gasteiger partial charge >= 0.3 is 0 Å². The Morgan fingerprint density at radius 1 is 0.794 bits per heavy atom. The molecule has 4 rings (SSSR count). The number of hydrogen-bond acceptors (Lipinski definition) is 2. The molecule has 2 amide bonds. The van der Waals surface area contributed by atoms with Gasteiger partial charge in [-0.15, -0.1) is 0 Å². The van der Waals surface area contributed by atoms with E-state index in [2.05, 4.69) is 11.4 Å². The number of carbonyl (C=O) groups excluding carboxylic acids is 2. The molecule has 1 N–H and O–H groups in total. The molecular formula is C30H32N2O2. The Bertz CT molecular complexity index is 1110. The third-order valence-electron chi connectivity index (χ3n) is 6.47. The summed E-state index contributed by atoms with van der Waals surface area (Å²) in [4.78, 5) is 29.1. The summed E-state index contributed by atoms with van der Waals surface area (Å²) in [5, 5.41) is 3.09. The lowest BCUT2D eigenvalue weighted by molar-refractivity contribution is -0.142. The van der Waals surface area contributed by atoms with Crippen LogP contribution in [0.1, 0.15) is 35.1 Å². The highest BCUT2D eigenvalue weighted by Gasteiger charge is 2.36. The van der Waals surface area contributed by atoms with E-state index in [-0.39, 0.29) is 17.7 Å². The quantitative estimate of drug-likeness (QED) is 0.444. The number of nitrogens with zero attached hydrogens (tertiary/aromatic N) is 1. The van der Waals surface area contributed by atoms with E-state index in [0.717, 1.165) is 27.9 Å². The van der Waals surface area contributed by atoms with E-state index in [1.807, 2.05) is 104 Å². The van der Waals surface area contributed by atoms with Gasteiger partial charge in [0.05, 0.1) is 11.8 Å². The molecule has 3 aromatic carbocycles. The molecule has 4 nitrogen and oxygen atoms in total. The highest BCUT2D eigenvalue weighted by molar-refractivity contribution is 5.97. The molecule has 3 aromatic rings. The average Bonchev–Trinajstić information content (AvgIpc) is 2.86. The molecule has 1 aliphatic rings. The van der Waals surface area contributed by atoms with Crippen LogP contribution in [0.4, 0.5) is 5.69 Å². The molecule has 0 saturated heterocycles. The normalized spacial score (nSPS) is 17.2. The molecule has 2 atom stereocenters. The van der Waals surface area contributed by atoms with Gasteiger partial charge in [-0.3, -0.25) is 9.59 Å². The zero-order valence-electron chi connectivity index (χ0n) is 19.9.